The van der Waals surface area contributed by atoms with Crippen LogP contribution in [0.1, 0.15) is 46.1 Å². The summed E-state index contributed by atoms with van der Waals surface area (Å²) in [5, 5.41) is 2.88. The molecule has 2 rings (SSSR count). The molecule has 0 saturated heterocycles. The van der Waals surface area contributed by atoms with Gasteiger partial charge in [-0.15, -0.1) is 0 Å². The highest BCUT2D eigenvalue weighted by Crippen LogP contribution is 2.16. The van der Waals surface area contributed by atoms with E-state index in [4.69, 9.17) is 0 Å². The molecule has 7 nitrogen and oxygen atoms in total. The lowest BCUT2D eigenvalue weighted by atomic mass is 10.1. The molecule has 1 N–H and O–H groups in total. The number of carbonyl (C=O) groups excluding carboxylic acids is 2. The number of benzene rings is 2. The van der Waals surface area contributed by atoms with Crippen molar-refractivity contribution >= 4 is 21.8 Å². The predicted molar refractivity (Wildman–Crippen MR) is 130 cm³/mol. The minimum absolute atomic E-state index is 0.0585. The third-order valence-corrected chi connectivity index (χ3v) is 7.12. The van der Waals surface area contributed by atoms with Crippen LogP contribution in [-0.2, 0) is 26.2 Å². The molecule has 34 heavy (non-hydrogen) atoms. The summed E-state index contributed by atoms with van der Waals surface area (Å²) in [5.74, 6) is -0.971. The van der Waals surface area contributed by atoms with E-state index in [0.717, 1.165) is 0 Å². The first-order valence-corrected chi connectivity index (χ1v) is 12.6. The fourth-order valence-electron chi connectivity index (χ4n) is 3.33. The molecule has 0 unspecified atom stereocenters. The molecule has 2 aromatic carbocycles. The Labute approximate surface area is 202 Å². The Morgan fingerprint density at radius 3 is 2.18 bits per heavy atom. The van der Waals surface area contributed by atoms with Crippen molar-refractivity contribution in [3.8, 4) is 0 Å². The fourth-order valence-corrected chi connectivity index (χ4v) is 4.56. The Morgan fingerprint density at radius 2 is 1.62 bits per heavy atom. The monoisotopic (exact) mass is 491 g/mol. The Bertz CT molecular complexity index is 1070. The highest BCUT2D eigenvalue weighted by Gasteiger charge is 2.28. The first-order valence-electron chi connectivity index (χ1n) is 11.2. The summed E-state index contributed by atoms with van der Waals surface area (Å²) >= 11 is 0. The van der Waals surface area contributed by atoms with Crippen LogP contribution < -0.4 is 5.32 Å². The highest BCUT2D eigenvalue weighted by molar-refractivity contribution is 7.89. The van der Waals surface area contributed by atoms with Crippen LogP contribution in [-0.4, -0.2) is 54.6 Å². The van der Waals surface area contributed by atoms with Gasteiger partial charge in [0.1, 0.15) is 11.9 Å². The number of hydrogen-bond donors (Lipinski definition) is 1. The molecule has 0 heterocycles. The predicted octanol–water partition coefficient (Wildman–Crippen LogP) is 3.56. The summed E-state index contributed by atoms with van der Waals surface area (Å²) in [4.78, 5) is 27.5. The number of rotatable bonds is 10. The summed E-state index contributed by atoms with van der Waals surface area (Å²) in [5.41, 5.74) is 0.221. The van der Waals surface area contributed by atoms with Gasteiger partial charge in [0.25, 0.3) is 0 Å². The molecule has 0 radical (unpaired) electrons. The molecule has 2 amide bonds. The standard InChI is InChI=1S/C25H34FN3O4S/c1-19(24(31)27-25(2,3)4)29(18-20-13-15-21(26)16-14-20)23(30)12-9-17-28(5)34(32,33)22-10-7-6-8-11-22/h6-8,10-11,13-16,19H,9,12,17-18H2,1-5H3,(H,27,31)/t19-/m0/s1. The fraction of sp³-hybridized carbons (Fsp3) is 0.440. The van der Waals surface area contributed by atoms with E-state index in [1.165, 1.54) is 40.5 Å². The van der Waals surface area contributed by atoms with Crippen LogP contribution in [0.5, 0.6) is 0 Å². The van der Waals surface area contributed by atoms with E-state index >= 15 is 0 Å². The third kappa shape index (κ3) is 7.92. The molecule has 0 bridgehead atoms. The van der Waals surface area contributed by atoms with Crippen LogP contribution in [0.4, 0.5) is 4.39 Å². The second kappa shape index (κ2) is 11.6. The number of sulfonamides is 1. The Kier molecular flexibility index (Phi) is 9.35. The number of carbonyl (C=O) groups is 2. The molecule has 2 aromatic rings. The summed E-state index contributed by atoms with van der Waals surface area (Å²) in [6, 6.07) is 13.1. The van der Waals surface area contributed by atoms with E-state index in [9.17, 15) is 22.4 Å². The zero-order chi connectivity index (χ0) is 25.5. The number of nitrogens with one attached hydrogen (secondary N) is 1. The van der Waals surface area contributed by atoms with Gasteiger partial charge in [0.05, 0.1) is 4.90 Å². The maximum absolute atomic E-state index is 13.3. The highest BCUT2D eigenvalue weighted by atomic mass is 32.2. The topological polar surface area (TPSA) is 86.8 Å². The smallest absolute Gasteiger partial charge is 0.242 e. The van der Waals surface area contributed by atoms with Crippen molar-refractivity contribution in [3.63, 3.8) is 0 Å². The number of halogens is 1. The molecule has 0 fully saturated rings. The normalized spacial score (nSPS) is 12.9. The Balaban J connectivity index is 2.09. The summed E-state index contributed by atoms with van der Waals surface area (Å²) in [7, 11) is -2.18. The lowest BCUT2D eigenvalue weighted by molar-refractivity contribution is -0.141. The van der Waals surface area contributed by atoms with Crippen molar-refractivity contribution in [1.29, 1.82) is 0 Å². The first kappa shape index (κ1) is 27.5. The minimum Gasteiger partial charge on any atom is -0.350 e. The van der Waals surface area contributed by atoms with Gasteiger partial charge in [0, 0.05) is 32.1 Å². The first-order chi connectivity index (χ1) is 15.8. The van der Waals surface area contributed by atoms with Crippen molar-refractivity contribution in [2.24, 2.45) is 0 Å². The molecule has 1 atom stereocenters. The van der Waals surface area contributed by atoms with Crippen molar-refractivity contribution in [2.75, 3.05) is 13.6 Å². The van der Waals surface area contributed by atoms with E-state index in [-0.39, 0.29) is 48.5 Å². The van der Waals surface area contributed by atoms with Crippen LogP contribution in [0, 0.1) is 5.82 Å². The van der Waals surface area contributed by atoms with E-state index < -0.39 is 21.6 Å². The summed E-state index contributed by atoms with van der Waals surface area (Å²) < 4.78 is 39.9. The van der Waals surface area contributed by atoms with E-state index in [0.29, 0.717) is 5.56 Å². The number of amides is 2. The van der Waals surface area contributed by atoms with Crippen molar-refractivity contribution in [2.45, 2.75) is 63.6 Å². The lowest BCUT2D eigenvalue weighted by Crippen LogP contribution is -2.52. The van der Waals surface area contributed by atoms with Crippen molar-refractivity contribution < 1.29 is 22.4 Å². The van der Waals surface area contributed by atoms with E-state index in [1.54, 1.807) is 37.3 Å². The molecule has 0 aliphatic heterocycles. The van der Waals surface area contributed by atoms with E-state index in [1.807, 2.05) is 20.8 Å². The van der Waals surface area contributed by atoms with Crippen LogP contribution in [0.2, 0.25) is 0 Å². The van der Waals surface area contributed by atoms with Gasteiger partial charge in [-0.05, 0) is 63.9 Å². The van der Waals surface area contributed by atoms with Crippen LogP contribution in [0.3, 0.4) is 0 Å². The molecule has 9 heteroatoms. The van der Waals surface area contributed by atoms with Crippen molar-refractivity contribution in [1.82, 2.24) is 14.5 Å². The van der Waals surface area contributed by atoms with Gasteiger partial charge in [-0.1, -0.05) is 30.3 Å². The van der Waals surface area contributed by atoms with Crippen LogP contribution in [0.15, 0.2) is 59.5 Å². The zero-order valence-electron chi connectivity index (χ0n) is 20.4. The molecule has 0 aliphatic rings. The summed E-state index contributed by atoms with van der Waals surface area (Å²) in [6.45, 7) is 7.49. The Morgan fingerprint density at radius 1 is 1.03 bits per heavy atom. The zero-order valence-corrected chi connectivity index (χ0v) is 21.2. The van der Waals surface area contributed by atoms with Gasteiger partial charge >= 0.3 is 0 Å². The molecule has 0 saturated carbocycles. The largest absolute Gasteiger partial charge is 0.350 e. The molecule has 0 aromatic heterocycles. The third-order valence-electron chi connectivity index (χ3n) is 5.25. The van der Waals surface area contributed by atoms with Gasteiger partial charge in [0.15, 0.2) is 0 Å². The van der Waals surface area contributed by atoms with Gasteiger partial charge in [-0.25, -0.2) is 17.1 Å². The average molecular weight is 492 g/mol. The minimum atomic E-state index is -3.65. The van der Waals surface area contributed by atoms with Gasteiger partial charge in [-0.2, -0.15) is 0 Å². The number of nitrogens with zero attached hydrogens (tertiary/aromatic N) is 2. The van der Waals surface area contributed by atoms with E-state index in [2.05, 4.69) is 5.32 Å². The van der Waals surface area contributed by atoms with Crippen molar-refractivity contribution in [3.05, 3.63) is 66.0 Å². The maximum Gasteiger partial charge on any atom is 0.242 e. The molecule has 0 aliphatic carbocycles. The maximum atomic E-state index is 13.3. The summed E-state index contributed by atoms with van der Waals surface area (Å²) in [6.07, 6.45) is 0.345. The second-order valence-electron chi connectivity index (χ2n) is 9.31. The molecule has 186 valence electrons. The molecular weight excluding hydrogens is 457 g/mol. The van der Waals surface area contributed by atoms with Gasteiger partial charge < -0.3 is 10.2 Å². The average Bonchev–Trinajstić information content (AvgIpc) is 2.77. The second-order valence-corrected chi connectivity index (χ2v) is 11.4. The molecule has 0 spiro atoms. The lowest BCUT2D eigenvalue weighted by Gasteiger charge is -2.31. The quantitative estimate of drug-likeness (QED) is 0.551. The van der Waals surface area contributed by atoms with Gasteiger partial charge in [0.2, 0.25) is 21.8 Å². The molecular formula is C25H34FN3O4S. The van der Waals surface area contributed by atoms with Crippen LogP contribution in [0.25, 0.3) is 0 Å². The van der Waals surface area contributed by atoms with Crippen LogP contribution >= 0.6 is 0 Å². The Hall–Kier alpha value is -2.78. The number of hydrogen-bond acceptors (Lipinski definition) is 4. The SMILES string of the molecule is C[C@@H](C(=O)NC(C)(C)C)N(Cc1ccc(F)cc1)C(=O)CCCN(C)S(=O)(=O)c1ccccc1. The van der Waals surface area contributed by atoms with Gasteiger partial charge in [-0.3, -0.25) is 9.59 Å².